The third-order valence-corrected chi connectivity index (χ3v) is 5.97. The van der Waals surface area contributed by atoms with E-state index in [4.69, 9.17) is 9.47 Å². The Bertz CT molecular complexity index is 729. The number of hydrogen-bond acceptors (Lipinski definition) is 4. The summed E-state index contributed by atoms with van der Waals surface area (Å²) in [5.74, 6) is 1.82. The van der Waals surface area contributed by atoms with E-state index < -0.39 is 0 Å². The standard InChI is InChI=1S/C22H28N2O2/c1-23-15-18-5-4-14-24(18)22(17-8-12-20(26-3)13-9-17)21(23)16-6-10-19(25-2)11-7-16/h6-13,18,21-22H,4-5,14-15H2,1-3H3. The number of methoxy groups -OCH3 is 2. The highest BCUT2D eigenvalue weighted by molar-refractivity contribution is 5.35. The second-order valence-corrected chi connectivity index (χ2v) is 7.41. The zero-order chi connectivity index (χ0) is 18.1. The summed E-state index contributed by atoms with van der Waals surface area (Å²) >= 11 is 0. The summed E-state index contributed by atoms with van der Waals surface area (Å²) in [5.41, 5.74) is 2.71. The van der Waals surface area contributed by atoms with Crippen LogP contribution in [0.1, 0.15) is 36.1 Å². The number of ether oxygens (including phenoxy) is 2. The number of benzene rings is 2. The van der Waals surface area contributed by atoms with E-state index in [1.54, 1.807) is 14.2 Å². The number of nitrogens with zero attached hydrogens (tertiary/aromatic N) is 2. The molecule has 2 heterocycles. The van der Waals surface area contributed by atoms with Gasteiger partial charge in [0.2, 0.25) is 0 Å². The van der Waals surface area contributed by atoms with Gasteiger partial charge in [-0.2, -0.15) is 0 Å². The molecule has 0 aliphatic carbocycles. The van der Waals surface area contributed by atoms with Crippen molar-refractivity contribution in [2.45, 2.75) is 31.0 Å². The minimum atomic E-state index is 0.337. The maximum absolute atomic E-state index is 5.36. The molecule has 0 saturated carbocycles. The zero-order valence-electron chi connectivity index (χ0n) is 15.9. The Morgan fingerprint density at radius 3 is 1.88 bits per heavy atom. The van der Waals surface area contributed by atoms with Crippen LogP contribution in [-0.4, -0.2) is 50.2 Å². The highest BCUT2D eigenvalue weighted by atomic mass is 16.5. The second kappa shape index (κ2) is 7.29. The summed E-state index contributed by atoms with van der Waals surface area (Å²) in [4.78, 5) is 5.25. The highest BCUT2D eigenvalue weighted by Gasteiger charge is 2.43. The van der Waals surface area contributed by atoms with E-state index in [0.29, 0.717) is 18.1 Å². The van der Waals surface area contributed by atoms with Gasteiger partial charge in [-0.3, -0.25) is 9.80 Å². The minimum absolute atomic E-state index is 0.337. The number of piperazine rings is 1. The van der Waals surface area contributed by atoms with Crippen LogP contribution in [0.4, 0.5) is 0 Å². The molecule has 0 amide bonds. The van der Waals surface area contributed by atoms with Crippen molar-refractivity contribution in [3.63, 3.8) is 0 Å². The van der Waals surface area contributed by atoms with E-state index in [0.717, 1.165) is 18.0 Å². The Morgan fingerprint density at radius 2 is 1.35 bits per heavy atom. The fourth-order valence-corrected chi connectivity index (χ4v) is 4.70. The van der Waals surface area contributed by atoms with Gasteiger partial charge in [-0.25, -0.2) is 0 Å². The lowest BCUT2D eigenvalue weighted by molar-refractivity contribution is 0.0109. The Hall–Kier alpha value is -2.04. The average Bonchev–Trinajstić information content (AvgIpc) is 3.15. The molecule has 3 unspecified atom stereocenters. The molecular weight excluding hydrogens is 324 g/mol. The van der Waals surface area contributed by atoms with Gasteiger partial charge in [-0.1, -0.05) is 24.3 Å². The molecule has 2 aliphatic heterocycles. The predicted octanol–water partition coefficient (Wildman–Crippen LogP) is 3.90. The largest absolute Gasteiger partial charge is 0.497 e. The molecule has 4 heteroatoms. The molecule has 3 atom stereocenters. The minimum Gasteiger partial charge on any atom is -0.497 e. The van der Waals surface area contributed by atoms with Gasteiger partial charge < -0.3 is 9.47 Å². The van der Waals surface area contributed by atoms with Gasteiger partial charge in [0.25, 0.3) is 0 Å². The van der Waals surface area contributed by atoms with Crippen molar-refractivity contribution in [3.8, 4) is 11.5 Å². The van der Waals surface area contributed by atoms with Crippen LogP contribution in [0.2, 0.25) is 0 Å². The molecule has 4 rings (SSSR count). The first kappa shape index (κ1) is 17.4. The van der Waals surface area contributed by atoms with E-state index in [2.05, 4.69) is 65.4 Å². The summed E-state index contributed by atoms with van der Waals surface area (Å²) in [6, 6.07) is 18.6. The van der Waals surface area contributed by atoms with Crippen LogP contribution in [0.15, 0.2) is 48.5 Å². The van der Waals surface area contributed by atoms with Crippen molar-refractivity contribution < 1.29 is 9.47 Å². The smallest absolute Gasteiger partial charge is 0.118 e. The lowest BCUT2D eigenvalue weighted by Gasteiger charge is -2.49. The monoisotopic (exact) mass is 352 g/mol. The van der Waals surface area contributed by atoms with Crippen molar-refractivity contribution in [2.24, 2.45) is 0 Å². The fraction of sp³-hybridized carbons (Fsp3) is 0.455. The molecule has 0 bridgehead atoms. The van der Waals surface area contributed by atoms with Crippen molar-refractivity contribution >= 4 is 0 Å². The maximum atomic E-state index is 5.36. The maximum Gasteiger partial charge on any atom is 0.118 e. The number of rotatable bonds is 4. The zero-order valence-corrected chi connectivity index (χ0v) is 15.9. The first-order chi connectivity index (χ1) is 12.7. The Morgan fingerprint density at radius 1 is 0.808 bits per heavy atom. The molecule has 0 aromatic heterocycles. The van der Waals surface area contributed by atoms with Crippen LogP contribution >= 0.6 is 0 Å². The van der Waals surface area contributed by atoms with E-state index in [1.807, 2.05) is 0 Å². The fourth-order valence-electron chi connectivity index (χ4n) is 4.70. The normalized spacial score (nSPS) is 26.5. The van der Waals surface area contributed by atoms with Gasteiger partial charge in [-0.15, -0.1) is 0 Å². The first-order valence-corrected chi connectivity index (χ1v) is 9.45. The van der Waals surface area contributed by atoms with Gasteiger partial charge in [-0.05, 0) is 61.8 Å². The van der Waals surface area contributed by atoms with E-state index in [9.17, 15) is 0 Å². The Balaban J connectivity index is 1.74. The molecule has 4 nitrogen and oxygen atoms in total. The molecule has 0 N–H and O–H groups in total. The van der Waals surface area contributed by atoms with Crippen LogP contribution in [-0.2, 0) is 0 Å². The van der Waals surface area contributed by atoms with Crippen molar-refractivity contribution in [3.05, 3.63) is 59.7 Å². The summed E-state index contributed by atoms with van der Waals surface area (Å²) in [7, 11) is 5.71. The van der Waals surface area contributed by atoms with Crippen LogP contribution < -0.4 is 9.47 Å². The predicted molar refractivity (Wildman–Crippen MR) is 104 cm³/mol. The van der Waals surface area contributed by atoms with Gasteiger partial charge in [0, 0.05) is 12.6 Å². The lowest BCUT2D eigenvalue weighted by atomic mass is 9.87. The molecule has 26 heavy (non-hydrogen) atoms. The average molecular weight is 352 g/mol. The third kappa shape index (κ3) is 3.08. The molecule has 2 aromatic rings. The number of hydrogen-bond donors (Lipinski definition) is 0. The molecule has 0 spiro atoms. The molecule has 2 saturated heterocycles. The first-order valence-electron chi connectivity index (χ1n) is 9.45. The lowest BCUT2D eigenvalue weighted by Crippen LogP contribution is -2.52. The second-order valence-electron chi connectivity index (χ2n) is 7.41. The number of likely N-dealkylation sites (N-methyl/N-ethyl adjacent to an activating group) is 1. The topological polar surface area (TPSA) is 24.9 Å². The summed E-state index contributed by atoms with van der Waals surface area (Å²) < 4.78 is 10.7. The molecular formula is C22H28N2O2. The van der Waals surface area contributed by atoms with Gasteiger partial charge >= 0.3 is 0 Å². The van der Waals surface area contributed by atoms with Crippen molar-refractivity contribution in [2.75, 3.05) is 34.4 Å². The third-order valence-electron chi connectivity index (χ3n) is 5.97. The SMILES string of the molecule is COc1ccc(C2C(c3ccc(OC)cc3)N3CCCC3CN2C)cc1. The highest BCUT2D eigenvalue weighted by Crippen LogP contribution is 2.45. The van der Waals surface area contributed by atoms with Crippen molar-refractivity contribution in [1.29, 1.82) is 0 Å². The van der Waals surface area contributed by atoms with Crippen molar-refractivity contribution in [1.82, 2.24) is 9.80 Å². The Kier molecular flexibility index (Phi) is 4.88. The van der Waals surface area contributed by atoms with Crippen LogP contribution in [0.3, 0.4) is 0 Å². The summed E-state index contributed by atoms with van der Waals surface area (Å²) in [6.45, 7) is 2.31. The van der Waals surface area contributed by atoms with Crippen LogP contribution in [0, 0.1) is 0 Å². The van der Waals surface area contributed by atoms with Gasteiger partial charge in [0.1, 0.15) is 11.5 Å². The molecule has 138 valence electrons. The number of fused-ring (bicyclic) bond motifs is 1. The quantitative estimate of drug-likeness (QED) is 0.833. The van der Waals surface area contributed by atoms with Crippen LogP contribution in [0.5, 0.6) is 11.5 Å². The Labute approximate surface area is 156 Å². The molecule has 2 aliphatic rings. The van der Waals surface area contributed by atoms with E-state index in [-0.39, 0.29) is 0 Å². The van der Waals surface area contributed by atoms with Gasteiger partial charge in [0.15, 0.2) is 0 Å². The van der Waals surface area contributed by atoms with E-state index in [1.165, 1.54) is 30.5 Å². The van der Waals surface area contributed by atoms with Crippen LogP contribution in [0.25, 0.3) is 0 Å². The van der Waals surface area contributed by atoms with E-state index >= 15 is 0 Å². The summed E-state index contributed by atoms with van der Waals surface area (Å²) in [6.07, 6.45) is 2.59. The van der Waals surface area contributed by atoms with Gasteiger partial charge in [0.05, 0.1) is 26.3 Å². The summed E-state index contributed by atoms with van der Waals surface area (Å²) in [5, 5.41) is 0. The molecule has 2 aromatic carbocycles. The molecule has 0 radical (unpaired) electrons. The molecule has 2 fully saturated rings.